The van der Waals surface area contributed by atoms with E-state index in [-0.39, 0.29) is 10.5 Å². The van der Waals surface area contributed by atoms with Gasteiger partial charge >= 0.3 is 0 Å². The lowest BCUT2D eigenvalue weighted by molar-refractivity contribution is 0.102. The van der Waals surface area contributed by atoms with Crippen LogP contribution >= 0.6 is 0 Å². The van der Waals surface area contributed by atoms with Gasteiger partial charge in [0.1, 0.15) is 5.75 Å². The largest absolute Gasteiger partial charge is 0.495 e. The monoisotopic (exact) mass is 389 g/mol. The van der Waals surface area contributed by atoms with Crippen molar-refractivity contribution in [2.45, 2.75) is 24.2 Å². The van der Waals surface area contributed by atoms with Crippen molar-refractivity contribution < 1.29 is 17.9 Å². The number of ether oxygens (including phenoxy) is 1. The highest BCUT2D eigenvalue weighted by Gasteiger charge is 2.26. The van der Waals surface area contributed by atoms with Crippen molar-refractivity contribution in [1.82, 2.24) is 4.31 Å². The number of hydrogen-bond acceptors (Lipinski definition) is 5. The minimum absolute atomic E-state index is 0.131. The Hall–Kier alpha value is -2.58. The third-order valence-corrected chi connectivity index (χ3v) is 6.43. The van der Waals surface area contributed by atoms with Crippen LogP contribution in [0.5, 0.6) is 5.75 Å². The predicted octanol–water partition coefficient (Wildman–Crippen LogP) is 2.70. The second-order valence-corrected chi connectivity index (χ2v) is 8.34. The lowest BCUT2D eigenvalue weighted by Gasteiger charge is -2.26. The Morgan fingerprint density at radius 2 is 1.85 bits per heavy atom. The standard InChI is InChI=1S/C19H23N3O4S/c1-26-18-9-8-15(13-17(18)20)21-19(23)14-6-5-7-16(12-14)27(24,25)22-10-3-2-4-11-22/h5-9,12-13H,2-4,10-11,20H2,1H3,(H,21,23). The zero-order valence-corrected chi connectivity index (χ0v) is 16.0. The van der Waals surface area contributed by atoms with Gasteiger partial charge in [-0.1, -0.05) is 12.5 Å². The average molecular weight is 389 g/mol. The molecule has 1 saturated heterocycles. The highest BCUT2D eigenvalue weighted by Crippen LogP contribution is 2.25. The molecule has 0 radical (unpaired) electrons. The lowest BCUT2D eigenvalue weighted by Crippen LogP contribution is -2.35. The summed E-state index contributed by atoms with van der Waals surface area (Å²) in [5.74, 6) is 0.109. The summed E-state index contributed by atoms with van der Waals surface area (Å²) in [6.45, 7) is 1.04. The van der Waals surface area contributed by atoms with Gasteiger partial charge < -0.3 is 15.8 Å². The molecule has 0 aliphatic carbocycles. The van der Waals surface area contributed by atoms with Crippen LogP contribution in [-0.2, 0) is 10.0 Å². The van der Waals surface area contributed by atoms with Gasteiger partial charge in [0.25, 0.3) is 5.91 Å². The molecule has 27 heavy (non-hydrogen) atoms. The van der Waals surface area contributed by atoms with E-state index in [1.165, 1.54) is 23.5 Å². The zero-order valence-electron chi connectivity index (χ0n) is 15.1. The lowest BCUT2D eigenvalue weighted by atomic mass is 10.2. The van der Waals surface area contributed by atoms with Gasteiger partial charge in [-0.15, -0.1) is 0 Å². The summed E-state index contributed by atoms with van der Waals surface area (Å²) in [6.07, 6.45) is 2.76. The number of amides is 1. The summed E-state index contributed by atoms with van der Waals surface area (Å²) in [5.41, 5.74) is 7.02. The number of nitrogens with one attached hydrogen (secondary N) is 1. The van der Waals surface area contributed by atoms with E-state index in [1.54, 1.807) is 30.3 Å². The van der Waals surface area contributed by atoms with Crippen LogP contribution in [0.15, 0.2) is 47.4 Å². The van der Waals surface area contributed by atoms with E-state index in [0.29, 0.717) is 30.2 Å². The smallest absolute Gasteiger partial charge is 0.255 e. The average Bonchev–Trinajstić information content (AvgIpc) is 2.69. The van der Waals surface area contributed by atoms with Crippen molar-refractivity contribution in [1.29, 1.82) is 0 Å². The third-order valence-electron chi connectivity index (χ3n) is 4.54. The fraction of sp³-hybridized carbons (Fsp3) is 0.316. The minimum Gasteiger partial charge on any atom is -0.495 e. The van der Waals surface area contributed by atoms with E-state index in [9.17, 15) is 13.2 Å². The third kappa shape index (κ3) is 4.23. The number of sulfonamides is 1. The molecule has 0 unspecified atom stereocenters. The molecule has 144 valence electrons. The normalized spacial score (nSPS) is 15.3. The molecule has 2 aromatic carbocycles. The SMILES string of the molecule is COc1ccc(NC(=O)c2cccc(S(=O)(=O)N3CCCCC3)c2)cc1N. The van der Waals surface area contributed by atoms with E-state index >= 15 is 0 Å². The van der Waals surface area contributed by atoms with Crippen LogP contribution in [0.1, 0.15) is 29.6 Å². The van der Waals surface area contributed by atoms with Crippen LogP contribution in [0, 0.1) is 0 Å². The molecule has 1 amide bonds. The fourth-order valence-electron chi connectivity index (χ4n) is 3.07. The molecule has 0 spiro atoms. The first-order valence-corrected chi connectivity index (χ1v) is 10.2. The highest BCUT2D eigenvalue weighted by molar-refractivity contribution is 7.89. The first-order chi connectivity index (χ1) is 12.9. The molecule has 3 N–H and O–H groups in total. The van der Waals surface area contributed by atoms with Crippen LogP contribution in [0.25, 0.3) is 0 Å². The molecule has 0 aromatic heterocycles. The van der Waals surface area contributed by atoms with Gasteiger partial charge in [-0.05, 0) is 49.2 Å². The molecule has 0 atom stereocenters. The molecule has 1 aliphatic heterocycles. The van der Waals surface area contributed by atoms with Gasteiger partial charge in [-0.3, -0.25) is 4.79 Å². The first kappa shape index (κ1) is 19.2. The molecule has 1 aliphatic rings. The van der Waals surface area contributed by atoms with Gasteiger partial charge in [0.05, 0.1) is 17.7 Å². The second kappa shape index (κ2) is 7.98. The first-order valence-electron chi connectivity index (χ1n) is 8.77. The predicted molar refractivity (Wildman–Crippen MR) is 104 cm³/mol. The molecule has 0 saturated carbocycles. The van der Waals surface area contributed by atoms with E-state index in [0.717, 1.165) is 19.3 Å². The van der Waals surface area contributed by atoms with Gasteiger partial charge in [-0.25, -0.2) is 8.42 Å². The molecule has 7 nitrogen and oxygen atoms in total. The second-order valence-electron chi connectivity index (χ2n) is 6.40. The fourth-order valence-corrected chi connectivity index (χ4v) is 4.63. The van der Waals surface area contributed by atoms with Crippen LogP contribution < -0.4 is 15.8 Å². The van der Waals surface area contributed by atoms with E-state index in [2.05, 4.69) is 5.32 Å². The number of hydrogen-bond donors (Lipinski definition) is 2. The number of methoxy groups -OCH3 is 1. The Labute approximate surface area is 159 Å². The summed E-state index contributed by atoms with van der Waals surface area (Å²) >= 11 is 0. The molecule has 0 bridgehead atoms. The minimum atomic E-state index is -3.59. The highest BCUT2D eigenvalue weighted by atomic mass is 32.2. The number of carbonyl (C=O) groups is 1. The molecular weight excluding hydrogens is 366 g/mol. The number of nitrogen functional groups attached to an aromatic ring is 1. The zero-order chi connectivity index (χ0) is 19.4. The molecule has 2 aromatic rings. The molecule has 8 heteroatoms. The summed E-state index contributed by atoms with van der Waals surface area (Å²) < 4.78 is 32.2. The van der Waals surface area contributed by atoms with E-state index in [1.807, 2.05) is 0 Å². The van der Waals surface area contributed by atoms with Crippen LogP contribution in [0.2, 0.25) is 0 Å². The van der Waals surface area contributed by atoms with Crippen LogP contribution in [0.3, 0.4) is 0 Å². The van der Waals surface area contributed by atoms with Crippen molar-refractivity contribution in [2.24, 2.45) is 0 Å². The van der Waals surface area contributed by atoms with E-state index < -0.39 is 15.9 Å². The van der Waals surface area contributed by atoms with Gasteiger partial charge in [0.2, 0.25) is 10.0 Å². The van der Waals surface area contributed by atoms with Crippen molar-refractivity contribution in [3.8, 4) is 5.75 Å². The Kier molecular flexibility index (Phi) is 5.67. The van der Waals surface area contributed by atoms with E-state index in [4.69, 9.17) is 10.5 Å². The van der Waals surface area contributed by atoms with Crippen molar-refractivity contribution in [3.05, 3.63) is 48.0 Å². The maximum absolute atomic E-state index is 12.8. The Balaban J connectivity index is 1.80. The number of nitrogens with zero attached hydrogens (tertiary/aromatic N) is 1. The Morgan fingerprint density at radius 3 is 2.52 bits per heavy atom. The number of nitrogens with two attached hydrogens (primary N) is 1. The van der Waals surface area contributed by atoms with Crippen molar-refractivity contribution in [2.75, 3.05) is 31.2 Å². The summed E-state index contributed by atoms with van der Waals surface area (Å²) in [4.78, 5) is 12.7. The Morgan fingerprint density at radius 1 is 1.11 bits per heavy atom. The molecular formula is C19H23N3O4S. The topological polar surface area (TPSA) is 102 Å². The quantitative estimate of drug-likeness (QED) is 0.766. The van der Waals surface area contributed by atoms with Gasteiger partial charge in [0.15, 0.2) is 0 Å². The number of piperidine rings is 1. The van der Waals surface area contributed by atoms with Crippen LogP contribution in [-0.4, -0.2) is 38.8 Å². The van der Waals surface area contributed by atoms with Crippen molar-refractivity contribution in [3.63, 3.8) is 0 Å². The number of carbonyl (C=O) groups excluding carboxylic acids is 1. The molecule has 1 heterocycles. The molecule has 3 rings (SSSR count). The van der Waals surface area contributed by atoms with Gasteiger partial charge in [0, 0.05) is 24.3 Å². The maximum atomic E-state index is 12.8. The molecule has 1 fully saturated rings. The number of anilines is 2. The summed E-state index contributed by atoms with van der Waals surface area (Å²) in [6, 6.07) is 11.0. The summed E-state index contributed by atoms with van der Waals surface area (Å²) in [7, 11) is -2.08. The number of benzene rings is 2. The summed E-state index contributed by atoms with van der Waals surface area (Å²) in [5, 5.41) is 2.73. The van der Waals surface area contributed by atoms with Gasteiger partial charge in [-0.2, -0.15) is 4.31 Å². The Bertz CT molecular complexity index is 938. The maximum Gasteiger partial charge on any atom is 0.255 e. The number of rotatable bonds is 5. The van der Waals surface area contributed by atoms with Crippen molar-refractivity contribution >= 4 is 27.3 Å². The van der Waals surface area contributed by atoms with Crippen LogP contribution in [0.4, 0.5) is 11.4 Å².